The minimum atomic E-state index is -0.998. The van der Waals surface area contributed by atoms with Crippen molar-refractivity contribution in [3.8, 4) is 0 Å². The molecular weight excluding hydrogens is 420 g/mol. The second-order valence-electron chi connectivity index (χ2n) is 4.53. The van der Waals surface area contributed by atoms with Crippen molar-refractivity contribution in [2.45, 2.75) is 5.62 Å². The molecule has 0 aliphatic carbocycles. The molecule has 0 saturated carbocycles. The zero-order valence-electron chi connectivity index (χ0n) is 12.3. The van der Waals surface area contributed by atoms with Crippen LogP contribution in [0.3, 0.4) is 0 Å². The predicted molar refractivity (Wildman–Crippen MR) is 116 cm³/mol. The van der Waals surface area contributed by atoms with Gasteiger partial charge in [0, 0.05) is 12.3 Å². The van der Waals surface area contributed by atoms with E-state index in [9.17, 15) is 4.79 Å². The number of aliphatic carboxylic acids is 1. The lowest BCUT2D eigenvalue weighted by Crippen LogP contribution is -2.09. The molecule has 2 aliphatic heterocycles. The molecule has 24 heavy (non-hydrogen) atoms. The van der Waals surface area contributed by atoms with Gasteiger partial charge in [-0.1, -0.05) is 6.07 Å². The molecule has 14 heteroatoms. The Morgan fingerprint density at radius 2 is 1.96 bits per heavy atom. The topological polar surface area (TPSA) is 87.6 Å². The van der Waals surface area contributed by atoms with E-state index in [1.165, 1.54) is 13.6 Å². The molecule has 1 N–H and O–H groups in total. The van der Waals surface area contributed by atoms with Crippen LogP contribution in [0.25, 0.3) is 6.08 Å². The van der Waals surface area contributed by atoms with Gasteiger partial charge in [0.15, 0.2) is 11.4 Å². The Bertz CT molecular complexity index is 641. The van der Waals surface area contributed by atoms with E-state index in [0.29, 0.717) is 17.1 Å². The Morgan fingerprint density at radius 3 is 2.33 bits per heavy atom. The highest BCUT2D eigenvalue weighted by molar-refractivity contribution is 8.92. The summed E-state index contributed by atoms with van der Waals surface area (Å²) in [5, 5.41) is 8.51. The number of rotatable bonds is 5. The first-order valence-corrected chi connectivity index (χ1v) is 16.3. The Labute approximate surface area is 153 Å². The molecule has 6 nitrogen and oxygen atoms in total. The van der Waals surface area contributed by atoms with Crippen molar-refractivity contribution in [1.29, 1.82) is 0 Å². The Hall–Kier alpha value is 0.500. The third-order valence-corrected chi connectivity index (χ3v) is 24.0. The molecule has 2 saturated heterocycles. The second kappa shape index (κ2) is 9.44. The van der Waals surface area contributed by atoms with E-state index in [1.807, 2.05) is 0 Å². The molecule has 3 heterocycles. The van der Waals surface area contributed by atoms with Crippen molar-refractivity contribution in [1.82, 2.24) is 4.98 Å². The largest absolute Gasteiger partial charge is 0.549 e. The monoisotopic (exact) mass is 434 g/mol. The molecule has 0 bridgehead atoms. The summed E-state index contributed by atoms with van der Waals surface area (Å²) in [6.45, 7) is 0.329. The van der Waals surface area contributed by atoms with E-state index in [-0.39, 0.29) is 14.0 Å². The quantitative estimate of drug-likeness (QED) is 0.334. The smallest absolute Gasteiger partial charge is 0.474 e. The van der Waals surface area contributed by atoms with Crippen molar-refractivity contribution >= 4 is 82.5 Å². The van der Waals surface area contributed by atoms with E-state index < -0.39 is 11.6 Å². The third-order valence-electron chi connectivity index (χ3n) is 2.68. The van der Waals surface area contributed by atoms with Gasteiger partial charge in [-0.25, -0.2) is 9.79 Å². The number of hydrogen-bond acceptors (Lipinski definition) is 5. The summed E-state index contributed by atoms with van der Waals surface area (Å²) in [7, 11) is 14.2. The highest BCUT2D eigenvalue weighted by Gasteiger charge is 2.52. The zero-order valence-corrected chi connectivity index (χ0v) is 18.7. The van der Waals surface area contributed by atoms with E-state index in [2.05, 4.69) is 45.7 Å². The van der Waals surface area contributed by atoms with Crippen molar-refractivity contribution in [3.63, 3.8) is 0 Å². The summed E-state index contributed by atoms with van der Waals surface area (Å²) in [6, 6.07) is 3.48. The predicted octanol–water partition coefficient (Wildman–Crippen LogP) is 2.97. The van der Waals surface area contributed by atoms with Crippen LogP contribution in [0.2, 0.25) is 0 Å². The fourth-order valence-corrected chi connectivity index (χ4v) is 1.41. The molecule has 2 radical (unpaired) electrons. The number of pyridine rings is 1. The molecule has 1 aromatic rings. The number of hydrogen-bond donors (Lipinski definition) is 1. The van der Waals surface area contributed by atoms with Crippen LogP contribution in [0.5, 0.6) is 0 Å². The van der Waals surface area contributed by atoms with Gasteiger partial charge in [0.05, 0.1) is 5.69 Å². The maximum atomic E-state index is 10.4. The zero-order chi connectivity index (χ0) is 17.7. The van der Waals surface area contributed by atoms with Gasteiger partial charge in [0.2, 0.25) is 0 Å². The average molecular weight is 434 g/mol. The number of aromatic nitrogens is 1. The SMILES string of the molecule is O=C(O)/C=C/c1ccc(C2(N=C3[B]O3)[B]O2)nc1.PP(P)P(P)P. The number of carboxylic acid groups (broad SMARTS) is 1. The fourth-order valence-electron chi connectivity index (χ4n) is 1.41. The molecule has 2 aliphatic rings. The van der Waals surface area contributed by atoms with Crippen LogP contribution in [0.15, 0.2) is 29.4 Å². The van der Waals surface area contributed by atoms with Crippen LogP contribution >= 0.6 is 49.7 Å². The van der Waals surface area contributed by atoms with Crippen LogP contribution in [-0.4, -0.2) is 36.8 Å². The number of carbonyl (C=O) groups is 1. The third kappa shape index (κ3) is 7.02. The lowest BCUT2D eigenvalue weighted by Gasteiger charge is -2.06. The first-order chi connectivity index (χ1) is 11.3. The van der Waals surface area contributed by atoms with E-state index in [1.54, 1.807) is 25.8 Å². The van der Waals surface area contributed by atoms with Crippen LogP contribution in [0, 0.1) is 0 Å². The van der Waals surface area contributed by atoms with E-state index in [0.717, 1.165) is 6.08 Å². The summed E-state index contributed by atoms with van der Waals surface area (Å²) in [5.74, 6) is -0.470. The molecule has 0 aromatic carbocycles. The van der Waals surface area contributed by atoms with Crippen molar-refractivity contribution in [2.24, 2.45) is 4.99 Å². The first kappa shape index (κ1) is 20.8. The lowest BCUT2D eigenvalue weighted by molar-refractivity contribution is -0.131. The first-order valence-electron chi connectivity index (χ1n) is 6.41. The number of carboxylic acids is 1. The van der Waals surface area contributed by atoms with Crippen LogP contribution in [0.1, 0.15) is 11.3 Å². The molecule has 2 fully saturated rings. The highest BCUT2D eigenvalue weighted by atomic mass is 33.0. The number of aliphatic imine (C=N–C) groups is 1. The molecule has 124 valence electrons. The van der Waals surface area contributed by atoms with Crippen molar-refractivity contribution < 1.29 is 19.2 Å². The second-order valence-corrected chi connectivity index (χ2v) is 24.3. The molecule has 0 spiro atoms. The summed E-state index contributed by atoms with van der Waals surface area (Å²) >= 11 is 0. The molecule has 1 aromatic heterocycles. The minimum Gasteiger partial charge on any atom is -0.549 e. The molecule has 5 atom stereocenters. The van der Waals surface area contributed by atoms with E-state index in [4.69, 9.17) is 14.4 Å². The van der Waals surface area contributed by atoms with Crippen LogP contribution < -0.4 is 0 Å². The van der Waals surface area contributed by atoms with E-state index >= 15 is 0 Å². The fraction of sp³-hybridized carbons (Fsp3) is 0.100. The minimum absolute atomic E-state index is 0.165. The standard InChI is InChI=1S/C10H6B2N2O4.H8P6/c15-8(16)4-2-6-1-3-7(13-5-6)10(12-18-10)14-9-11-17-9;1-5(2)6(3)4/h1-5H,(H,15,16);1-4H2/b4-2+,14-9?;. The Kier molecular flexibility index (Phi) is 8.18. The molecule has 3 rings (SSSR count). The van der Waals surface area contributed by atoms with Gasteiger partial charge in [0.25, 0.3) is 0 Å². The summed E-state index contributed by atoms with van der Waals surface area (Å²) in [6.07, 6.45) is 4.08. The van der Waals surface area contributed by atoms with Gasteiger partial charge in [-0.3, -0.25) is 4.98 Å². The summed E-state index contributed by atoms with van der Waals surface area (Å²) in [5.41, 5.74) is 0.488. The van der Waals surface area contributed by atoms with Gasteiger partial charge in [0.1, 0.15) is 0 Å². The molecular formula is C10H14B2N2O4P6. The average Bonchev–Trinajstić information content (AvgIpc) is 3.45. The summed E-state index contributed by atoms with van der Waals surface area (Å²) in [4.78, 5) is 18.8. The maximum Gasteiger partial charge on any atom is 0.474 e. The van der Waals surface area contributed by atoms with Crippen LogP contribution in [-0.2, 0) is 19.7 Å². The van der Waals surface area contributed by atoms with Gasteiger partial charge in [-0.15, -0.1) is 35.7 Å². The molecule has 5 unspecified atom stereocenters. The van der Waals surface area contributed by atoms with Crippen molar-refractivity contribution in [3.05, 3.63) is 35.7 Å². The van der Waals surface area contributed by atoms with Crippen molar-refractivity contribution in [2.75, 3.05) is 0 Å². The highest BCUT2D eigenvalue weighted by Crippen LogP contribution is 2.86. The van der Waals surface area contributed by atoms with Gasteiger partial charge >= 0.3 is 20.9 Å². The normalized spacial score (nSPS) is 22.5. The lowest BCUT2D eigenvalue weighted by atomic mass is 9.92. The molecule has 0 amide bonds. The van der Waals surface area contributed by atoms with Gasteiger partial charge in [-0.05, 0) is 31.7 Å². The Balaban J connectivity index is 0.000000301. The Morgan fingerprint density at radius 1 is 1.33 bits per heavy atom. The number of nitrogens with zero attached hydrogens (tertiary/aromatic N) is 2. The van der Waals surface area contributed by atoms with Gasteiger partial charge < -0.3 is 14.4 Å². The van der Waals surface area contributed by atoms with Crippen LogP contribution in [0.4, 0.5) is 0 Å². The maximum absolute atomic E-state index is 10.4. The van der Waals surface area contributed by atoms with Gasteiger partial charge in [-0.2, -0.15) is 0 Å². The summed E-state index contributed by atoms with van der Waals surface area (Å²) < 4.78 is 10.00.